The minimum Gasteiger partial charge on any atom is -0.462 e. The number of allylic oxidation sites excluding steroid dienone is 34. The van der Waals surface area contributed by atoms with Crippen molar-refractivity contribution in [3.63, 3.8) is 0 Å². The second-order valence-corrected chi connectivity index (χ2v) is 20.5. The quantitative estimate of drug-likeness (QED) is 0.0261. The fourth-order valence-corrected chi connectivity index (χ4v) is 8.00. The molecule has 6 nitrogen and oxygen atoms in total. The number of rotatable bonds is 56. The van der Waals surface area contributed by atoms with Gasteiger partial charge in [0.2, 0.25) is 0 Å². The third kappa shape index (κ3) is 66.7. The molecule has 0 aromatic carbocycles. The molecule has 0 aromatic heterocycles. The molecule has 0 rings (SSSR count). The first kappa shape index (κ1) is 77.0. The summed E-state index contributed by atoms with van der Waals surface area (Å²) in [6.07, 6.45) is 105. The molecule has 0 aliphatic heterocycles. The minimum absolute atomic E-state index is 0.124. The highest BCUT2D eigenvalue weighted by Crippen LogP contribution is 2.12. The van der Waals surface area contributed by atoms with Crippen LogP contribution in [0.25, 0.3) is 0 Å². The summed E-state index contributed by atoms with van der Waals surface area (Å²) in [4.78, 5) is 38.3. The van der Waals surface area contributed by atoms with Crippen LogP contribution in [-0.2, 0) is 28.6 Å². The summed E-state index contributed by atoms with van der Waals surface area (Å²) in [7, 11) is 0. The van der Waals surface area contributed by atoms with Gasteiger partial charge in [0, 0.05) is 19.3 Å². The molecule has 0 aliphatic carbocycles. The molecule has 83 heavy (non-hydrogen) atoms. The zero-order chi connectivity index (χ0) is 59.9. The zero-order valence-electron chi connectivity index (χ0n) is 52.6. The molecule has 0 aliphatic rings. The van der Waals surface area contributed by atoms with E-state index in [4.69, 9.17) is 14.2 Å². The van der Waals surface area contributed by atoms with Gasteiger partial charge in [-0.3, -0.25) is 14.4 Å². The van der Waals surface area contributed by atoms with E-state index in [-0.39, 0.29) is 37.5 Å². The Kier molecular flexibility index (Phi) is 63.5. The van der Waals surface area contributed by atoms with Gasteiger partial charge < -0.3 is 14.2 Å². The Balaban J connectivity index is 4.49. The lowest BCUT2D eigenvalue weighted by atomic mass is 10.1. The number of carbonyl (C=O) groups is 3. The van der Waals surface area contributed by atoms with Gasteiger partial charge in [0.05, 0.1) is 0 Å². The second-order valence-electron chi connectivity index (χ2n) is 20.5. The molecule has 0 radical (unpaired) electrons. The van der Waals surface area contributed by atoms with Gasteiger partial charge in [-0.2, -0.15) is 0 Å². The van der Waals surface area contributed by atoms with Crippen LogP contribution in [0, 0.1) is 0 Å². The van der Waals surface area contributed by atoms with E-state index < -0.39 is 6.10 Å². The monoisotopic (exact) mass is 1140 g/mol. The van der Waals surface area contributed by atoms with E-state index in [1.807, 2.05) is 0 Å². The van der Waals surface area contributed by atoms with Crippen molar-refractivity contribution in [1.82, 2.24) is 0 Å². The smallest absolute Gasteiger partial charge is 0.306 e. The second kappa shape index (κ2) is 68.5. The maximum Gasteiger partial charge on any atom is 0.306 e. The highest BCUT2D eigenvalue weighted by molar-refractivity contribution is 5.71. The normalized spacial score (nSPS) is 13.5. The van der Waals surface area contributed by atoms with Crippen LogP contribution in [0.15, 0.2) is 207 Å². The van der Waals surface area contributed by atoms with Crippen molar-refractivity contribution < 1.29 is 28.6 Å². The summed E-state index contributed by atoms with van der Waals surface area (Å²) in [6, 6.07) is 0. The number of hydrogen-bond donors (Lipinski definition) is 0. The van der Waals surface area contributed by atoms with Gasteiger partial charge in [0.1, 0.15) is 13.2 Å². The molecule has 0 aromatic rings. The highest BCUT2D eigenvalue weighted by atomic mass is 16.6. The van der Waals surface area contributed by atoms with Gasteiger partial charge in [-0.1, -0.05) is 259 Å². The largest absolute Gasteiger partial charge is 0.462 e. The first-order valence-electron chi connectivity index (χ1n) is 32.6. The van der Waals surface area contributed by atoms with Crippen LogP contribution in [0.2, 0.25) is 0 Å². The molecule has 1 unspecified atom stereocenters. The van der Waals surface area contributed by atoms with Crippen molar-refractivity contribution in [2.45, 2.75) is 245 Å². The Hall–Kier alpha value is -6.01. The fourth-order valence-electron chi connectivity index (χ4n) is 8.00. The summed E-state index contributed by atoms with van der Waals surface area (Å²) in [6.45, 7) is 6.21. The number of unbranched alkanes of at least 4 members (excludes halogenated alkanes) is 11. The van der Waals surface area contributed by atoms with Crippen molar-refractivity contribution in [2.24, 2.45) is 0 Å². The Bertz CT molecular complexity index is 2030. The number of carbonyl (C=O) groups excluding carboxylic acids is 3. The van der Waals surface area contributed by atoms with Crippen molar-refractivity contribution in [3.8, 4) is 0 Å². The van der Waals surface area contributed by atoms with E-state index in [1.165, 1.54) is 0 Å². The van der Waals surface area contributed by atoms with Crippen LogP contribution in [0.3, 0.4) is 0 Å². The first-order chi connectivity index (χ1) is 41.0. The Morgan fingerprint density at radius 1 is 0.241 bits per heavy atom. The van der Waals surface area contributed by atoms with E-state index in [2.05, 4.69) is 227 Å². The van der Waals surface area contributed by atoms with Crippen LogP contribution < -0.4 is 0 Å². The predicted octanol–water partition coefficient (Wildman–Crippen LogP) is 22.8. The predicted molar refractivity (Wildman–Crippen MR) is 361 cm³/mol. The van der Waals surface area contributed by atoms with Gasteiger partial charge in [0.25, 0.3) is 0 Å². The van der Waals surface area contributed by atoms with E-state index in [0.29, 0.717) is 12.8 Å². The molecule has 0 saturated carbocycles. The van der Waals surface area contributed by atoms with Crippen LogP contribution in [0.1, 0.15) is 239 Å². The van der Waals surface area contributed by atoms with Gasteiger partial charge in [0.15, 0.2) is 6.10 Å². The van der Waals surface area contributed by atoms with Crippen molar-refractivity contribution in [3.05, 3.63) is 207 Å². The lowest BCUT2D eigenvalue weighted by Gasteiger charge is -2.18. The molecule has 0 saturated heterocycles. The molecule has 0 spiro atoms. The molecule has 0 amide bonds. The summed E-state index contributed by atoms with van der Waals surface area (Å²) in [5, 5.41) is 0. The van der Waals surface area contributed by atoms with E-state index in [9.17, 15) is 14.4 Å². The lowest BCUT2D eigenvalue weighted by molar-refractivity contribution is -0.167. The summed E-state index contributed by atoms with van der Waals surface area (Å²) in [5.74, 6) is -1.01. The third-order valence-electron chi connectivity index (χ3n) is 12.8. The Morgan fingerprint density at radius 3 is 0.687 bits per heavy atom. The molecule has 0 fully saturated rings. The van der Waals surface area contributed by atoms with Crippen LogP contribution in [-0.4, -0.2) is 37.2 Å². The van der Waals surface area contributed by atoms with Crippen LogP contribution in [0.4, 0.5) is 0 Å². The molecule has 460 valence electrons. The summed E-state index contributed by atoms with van der Waals surface area (Å²) >= 11 is 0. The average molecular weight is 1140 g/mol. The molecule has 0 bridgehead atoms. The number of esters is 3. The van der Waals surface area contributed by atoms with Crippen molar-refractivity contribution >= 4 is 17.9 Å². The van der Waals surface area contributed by atoms with Crippen LogP contribution in [0.5, 0.6) is 0 Å². The molecule has 6 heteroatoms. The topological polar surface area (TPSA) is 78.9 Å². The van der Waals surface area contributed by atoms with E-state index in [0.717, 1.165) is 199 Å². The zero-order valence-corrected chi connectivity index (χ0v) is 52.6. The van der Waals surface area contributed by atoms with Crippen molar-refractivity contribution in [2.75, 3.05) is 13.2 Å². The molecule has 0 N–H and O–H groups in total. The van der Waals surface area contributed by atoms with Crippen LogP contribution >= 0.6 is 0 Å². The van der Waals surface area contributed by atoms with E-state index in [1.54, 1.807) is 0 Å². The van der Waals surface area contributed by atoms with Gasteiger partial charge in [-0.05, 0) is 167 Å². The maximum atomic E-state index is 12.9. The lowest BCUT2D eigenvalue weighted by Crippen LogP contribution is -2.30. The number of hydrogen-bond acceptors (Lipinski definition) is 6. The Morgan fingerprint density at radius 2 is 0.434 bits per heavy atom. The maximum absolute atomic E-state index is 12.9. The standard InChI is InChI=1S/C77H116O6/c1-4-7-10-13-16-19-22-25-27-29-31-33-34-35-36-37-38-39-40-41-42-44-45-47-49-52-55-58-61-64-67-70-76(79)82-73-74(72-81-75(78)69-66-63-60-57-54-51-24-21-18-15-12-9-6-3)83-77(80)71-68-65-62-59-56-53-50-48-46-43-32-30-28-26-23-20-17-14-11-8-5-2/h7-12,16-21,25-28,31-33,35-36,38-39,41-43,45,47-48,50-52,54-55,74H,4-6,13-15,22-24,29-30,34,37,40,44,46,49,53,56-73H2,1-3H3/b10-7-,11-8-,12-9-,19-16-,20-17-,21-18-,27-25-,28-26-,33-31-,36-35-,39-38-,42-41-,43-32-,47-45-,50-48-,54-51-,55-52-. The van der Waals surface area contributed by atoms with Gasteiger partial charge in [-0.15, -0.1) is 0 Å². The Labute approximate surface area is 509 Å². The van der Waals surface area contributed by atoms with Gasteiger partial charge in [-0.25, -0.2) is 0 Å². The van der Waals surface area contributed by atoms with Gasteiger partial charge >= 0.3 is 17.9 Å². The SMILES string of the molecule is CC/C=C\C/C=C\C/C=C\C/C=C\C/C=C\C/C=C\C/C=C\C/C=C\C/C=C\CCCCCC(=O)OCC(COC(=O)CCCCC/C=C\C/C=C\C/C=C\CC)OC(=O)CCCCCCC/C=C\C/C=C\C/C=C\C/C=C\C/C=C\CC. The molecule has 0 heterocycles. The third-order valence-corrected chi connectivity index (χ3v) is 12.8. The molecule has 1 atom stereocenters. The fraction of sp³-hybridized carbons (Fsp3) is 0.519. The van der Waals surface area contributed by atoms with E-state index >= 15 is 0 Å². The molecular weight excluding hydrogens is 1020 g/mol. The minimum atomic E-state index is -0.829. The van der Waals surface area contributed by atoms with Crippen molar-refractivity contribution in [1.29, 1.82) is 0 Å². The summed E-state index contributed by atoms with van der Waals surface area (Å²) in [5.41, 5.74) is 0. The first-order valence-corrected chi connectivity index (χ1v) is 32.6. The summed E-state index contributed by atoms with van der Waals surface area (Å²) < 4.78 is 16.8. The molecular formula is C77H116O6. The number of ether oxygens (including phenoxy) is 3. The average Bonchev–Trinajstić information content (AvgIpc) is 3.49. The highest BCUT2D eigenvalue weighted by Gasteiger charge is 2.19.